The second-order valence-corrected chi connectivity index (χ2v) is 9.68. The number of rotatable bonds is 8. The predicted molar refractivity (Wildman–Crippen MR) is 144 cm³/mol. The molecule has 0 aliphatic carbocycles. The molecule has 1 amide bonds. The van der Waals surface area contributed by atoms with Crippen LogP contribution < -0.4 is 14.8 Å². The van der Waals surface area contributed by atoms with E-state index in [4.69, 9.17) is 23.9 Å². The Balaban J connectivity index is 1.38. The summed E-state index contributed by atoms with van der Waals surface area (Å²) in [4.78, 5) is 31.0. The van der Waals surface area contributed by atoms with E-state index >= 15 is 0 Å². The second kappa shape index (κ2) is 10.8. The zero-order chi connectivity index (χ0) is 26.8. The Hall–Kier alpha value is -4.37. The molecule has 0 spiro atoms. The third-order valence-electron chi connectivity index (χ3n) is 7.13. The van der Waals surface area contributed by atoms with E-state index in [0.29, 0.717) is 42.7 Å². The van der Waals surface area contributed by atoms with E-state index in [2.05, 4.69) is 5.32 Å². The minimum atomic E-state index is -0.551. The molecular formula is C30H29N3O6. The Morgan fingerprint density at radius 3 is 2.64 bits per heavy atom. The molecule has 39 heavy (non-hydrogen) atoms. The summed E-state index contributed by atoms with van der Waals surface area (Å²) in [5.41, 5.74) is 4.32. The molecule has 2 aliphatic heterocycles. The van der Waals surface area contributed by atoms with Crippen LogP contribution in [-0.2, 0) is 33.7 Å². The van der Waals surface area contributed by atoms with E-state index in [1.54, 1.807) is 0 Å². The lowest BCUT2D eigenvalue weighted by Gasteiger charge is -2.13. The summed E-state index contributed by atoms with van der Waals surface area (Å²) in [6.45, 7) is 1.17. The van der Waals surface area contributed by atoms with Crippen molar-refractivity contribution in [2.24, 2.45) is 0 Å². The van der Waals surface area contributed by atoms with Crippen molar-refractivity contribution in [1.29, 1.82) is 0 Å². The second-order valence-electron chi connectivity index (χ2n) is 9.68. The Bertz CT molecular complexity index is 1520. The van der Waals surface area contributed by atoms with E-state index in [1.165, 1.54) is 7.11 Å². The molecule has 2 aromatic carbocycles. The van der Waals surface area contributed by atoms with E-state index < -0.39 is 12.1 Å². The van der Waals surface area contributed by atoms with Crippen LogP contribution in [0.5, 0.6) is 11.5 Å². The van der Waals surface area contributed by atoms with Crippen LogP contribution in [0.1, 0.15) is 40.0 Å². The maximum Gasteiger partial charge on any atom is 0.356 e. The molecule has 6 rings (SSSR count). The van der Waals surface area contributed by atoms with Gasteiger partial charge in [0.15, 0.2) is 17.2 Å². The highest BCUT2D eigenvalue weighted by Gasteiger charge is 2.30. The standard InChI is InChI=1S/C30H29N3O6/c1-36-30(35)27-26(32-29(34)24-8-5-13-37-24)22-14-21(10-9-19-11-12-23-25(15-19)39-18-38-23)16-31-28(22)33(27)17-20-6-3-2-4-7-20/h2-4,6-7,11-12,14-16,24H,5,8-10,13,17-18H2,1H3,(H,32,34)/t24-/m1/s1. The number of nitrogens with one attached hydrogen (secondary N) is 1. The summed E-state index contributed by atoms with van der Waals surface area (Å²) >= 11 is 0. The number of ether oxygens (including phenoxy) is 4. The van der Waals surface area contributed by atoms with Crippen LogP contribution in [0.25, 0.3) is 11.0 Å². The van der Waals surface area contributed by atoms with Crippen LogP contribution in [0.15, 0.2) is 60.8 Å². The van der Waals surface area contributed by atoms with Crippen LogP contribution in [0.4, 0.5) is 5.69 Å². The average Bonchev–Trinajstić information content (AvgIpc) is 3.72. The third kappa shape index (κ3) is 5.05. The molecule has 1 saturated heterocycles. The van der Waals surface area contributed by atoms with Gasteiger partial charge in [-0.05, 0) is 60.6 Å². The van der Waals surface area contributed by atoms with Crippen LogP contribution in [0, 0.1) is 0 Å². The molecular weight excluding hydrogens is 498 g/mol. The number of carbonyl (C=O) groups is 2. The molecule has 2 aliphatic rings. The van der Waals surface area contributed by atoms with Crippen molar-refractivity contribution in [1.82, 2.24) is 9.55 Å². The number of pyridine rings is 1. The molecule has 4 aromatic rings. The first-order chi connectivity index (χ1) is 19.1. The Labute approximate surface area is 225 Å². The normalized spacial score (nSPS) is 16.0. The number of methoxy groups -OCH3 is 1. The molecule has 0 unspecified atom stereocenters. The van der Waals surface area contributed by atoms with E-state index in [1.807, 2.05) is 65.4 Å². The van der Waals surface area contributed by atoms with Crippen LogP contribution >= 0.6 is 0 Å². The summed E-state index contributed by atoms with van der Waals surface area (Å²) in [5.74, 6) is 0.681. The van der Waals surface area contributed by atoms with E-state index in [0.717, 1.165) is 41.0 Å². The lowest BCUT2D eigenvalue weighted by Crippen LogP contribution is -2.28. The molecule has 9 heteroatoms. The SMILES string of the molecule is COC(=O)c1c(NC(=O)[C@H]2CCCO2)c2cc(CCc3ccc4c(c3)OCO4)cnc2n1Cc1ccccc1. The minimum absolute atomic E-state index is 0.238. The molecule has 9 nitrogen and oxygen atoms in total. The number of hydrogen-bond donors (Lipinski definition) is 1. The Morgan fingerprint density at radius 1 is 1.03 bits per heavy atom. The molecule has 0 radical (unpaired) electrons. The van der Waals surface area contributed by atoms with Crippen molar-refractivity contribution >= 4 is 28.6 Å². The smallest absolute Gasteiger partial charge is 0.356 e. The van der Waals surface area contributed by atoms with Gasteiger partial charge in [0.1, 0.15) is 11.8 Å². The number of amides is 1. The highest BCUT2D eigenvalue weighted by molar-refractivity contribution is 6.11. The maximum absolute atomic E-state index is 13.1. The Kier molecular flexibility index (Phi) is 6.89. The topological polar surface area (TPSA) is 101 Å². The molecule has 1 N–H and O–H groups in total. The van der Waals surface area contributed by atoms with Gasteiger partial charge in [0.05, 0.1) is 12.8 Å². The first kappa shape index (κ1) is 24.9. The zero-order valence-corrected chi connectivity index (χ0v) is 21.6. The number of benzene rings is 2. The molecule has 4 heterocycles. The first-order valence-corrected chi connectivity index (χ1v) is 13.0. The van der Waals surface area contributed by atoms with Crippen molar-refractivity contribution in [2.45, 2.75) is 38.3 Å². The van der Waals surface area contributed by atoms with Crippen molar-refractivity contribution in [3.8, 4) is 11.5 Å². The van der Waals surface area contributed by atoms with Gasteiger partial charge in [-0.15, -0.1) is 0 Å². The predicted octanol–water partition coefficient (Wildman–Crippen LogP) is 4.50. The summed E-state index contributed by atoms with van der Waals surface area (Å²) in [5, 5.41) is 3.67. The fourth-order valence-corrected chi connectivity index (χ4v) is 5.13. The lowest BCUT2D eigenvalue weighted by molar-refractivity contribution is -0.124. The number of carbonyl (C=O) groups excluding carboxylic acids is 2. The van der Waals surface area contributed by atoms with Crippen molar-refractivity contribution in [3.05, 3.63) is 83.2 Å². The van der Waals surface area contributed by atoms with Gasteiger partial charge < -0.3 is 28.8 Å². The number of anilines is 1. The van der Waals surface area contributed by atoms with E-state index in [9.17, 15) is 9.59 Å². The molecule has 0 bridgehead atoms. The van der Waals surface area contributed by atoms with Gasteiger partial charge >= 0.3 is 5.97 Å². The molecule has 0 saturated carbocycles. The number of fused-ring (bicyclic) bond motifs is 2. The van der Waals surface area contributed by atoms with Gasteiger partial charge in [-0.25, -0.2) is 9.78 Å². The lowest BCUT2D eigenvalue weighted by atomic mass is 10.0. The number of hydrogen-bond acceptors (Lipinski definition) is 7. The quantitative estimate of drug-likeness (QED) is 0.337. The molecule has 1 fully saturated rings. The summed E-state index contributed by atoms with van der Waals surface area (Å²) < 4.78 is 23.5. The van der Waals surface area contributed by atoms with E-state index in [-0.39, 0.29) is 18.4 Å². The fraction of sp³-hybridized carbons (Fsp3) is 0.300. The largest absolute Gasteiger partial charge is 0.464 e. The summed E-state index contributed by atoms with van der Waals surface area (Å²) in [6, 6.07) is 17.7. The van der Waals surface area contributed by atoms with Crippen molar-refractivity contribution in [2.75, 3.05) is 25.8 Å². The highest BCUT2D eigenvalue weighted by atomic mass is 16.7. The minimum Gasteiger partial charge on any atom is -0.464 e. The molecule has 1 atom stereocenters. The zero-order valence-electron chi connectivity index (χ0n) is 21.6. The number of esters is 1. The summed E-state index contributed by atoms with van der Waals surface area (Å²) in [7, 11) is 1.34. The Morgan fingerprint density at radius 2 is 1.85 bits per heavy atom. The van der Waals surface area contributed by atoms with Crippen LogP contribution in [-0.4, -0.2) is 48.0 Å². The van der Waals surface area contributed by atoms with Gasteiger partial charge in [0.25, 0.3) is 5.91 Å². The van der Waals surface area contributed by atoms with Crippen LogP contribution in [0.2, 0.25) is 0 Å². The monoisotopic (exact) mass is 527 g/mol. The maximum atomic E-state index is 13.1. The molecule has 200 valence electrons. The number of aryl methyl sites for hydroxylation is 2. The highest BCUT2D eigenvalue weighted by Crippen LogP contribution is 2.35. The van der Waals surface area contributed by atoms with Crippen LogP contribution in [0.3, 0.4) is 0 Å². The van der Waals surface area contributed by atoms with Crippen molar-refractivity contribution in [3.63, 3.8) is 0 Å². The van der Waals surface area contributed by atoms with Gasteiger partial charge in [-0.3, -0.25) is 4.79 Å². The van der Waals surface area contributed by atoms with Gasteiger partial charge in [0, 0.05) is 24.7 Å². The average molecular weight is 528 g/mol. The van der Waals surface area contributed by atoms with Crippen molar-refractivity contribution < 1.29 is 28.5 Å². The van der Waals surface area contributed by atoms with Gasteiger partial charge in [-0.2, -0.15) is 0 Å². The molecule has 2 aromatic heterocycles. The van der Waals surface area contributed by atoms with Gasteiger partial charge in [0.2, 0.25) is 6.79 Å². The summed E-state index contributed by atoms with van der Waals surface area (Å²) in [6.07, 6.45) is 4.20. The third-order valence-corrected chi connectivity index (χ3v) is 7.13. The number of aromatic nitrogens is 2. The fourth-order valence-electron chi connectivity index (χ4n) is 5.13. The first-order valence-electron chi connectivity index (χ1n) is 13.0. The number of nitrogens with zero attached hydrogens (tertiary/aromatic N) is 2. The van der Waals surface area contributed by atoms with Gasteiger partial charge in [-0.1, -0.05) is 36.4 Å².